The second kappa shape index (κ2) is 7.21. The fraction of sp³-hybridized carbons (Fsp3) is 0.444. The maximum absolute atomic E-state index is 13.7. The highest BCUT2D eigenvalue weighted by Gasteiger charge is 2.28. The molecule has 134 valence electrons. The molecule has 7 heteroatoms. The second-order valence-electron chi connectivity index (χ2n) is 6.55. The lowest BCUT2D eigenvalue weighted by Crippen LogP contribution is -2.27. The lowest BCUT2D eigenvalue weighted by atomic mass is 9.99. The number of carbonyl (C=O) groups excluding carboxylic acids is 1. The highest BCUT2D eigenvalue weighted by Crippen LogP contribution is 2.31. The van der Waals surface area contributed by atoms with Crippen molar-refractivity contribution < 1.29 is 23.8 Å². The van der Waals surface area contributed by atoms with Crippen LogP contribution in [0.3, 0.4) is 0 Å². The molecule has 2 atom stereocenters. The van der Waals surface area contributed by atoms with Gasteiger partial charge in [-0.05, 0) is 45.9 Å². The van der Waals surface area contributed by atoms with Crippen LogP contribution < -0.4 is 0 Å². The van der Waals surface area contributed by atoms with Gasteiger partial charge in [0.25, 0.3) is 0 Å². The summed E-state index contributed by atoms with van der Waals surface area (Å²) in [5, 5.41) is 20.0. The number of hydrogen-bond donors (Lipinski definition) is 1. The molecule has 0 amide bonds. The van der Waals surface area contributed by atoms with Crippen LogP contribution in [0.4, 0.5) is 9.18 Å². The van der Waals surface area contributed by atoms with Gasteiger partial charge in [0.15, 0.2) is 6.29 Å². The van der Waals surface area contributed by atoms with Gasteiger partial charge in [0, 0.05) is 23.8 Å². The molecule has 25 heavy (non-hydrogen) atoms. The molecule has 0 aliphatic heterocycles. The number of carbonyl (C=O) groups is 1. The quantitative estimate of drug-likeness (QED) is 0.855. The number of aliphatic hydroxyl groups is 1. The zero-order chi connectivity index (χ0) is 18.8. The summed E-state index contributed by atoms with van der Waals surface area (Å²) >= 11 is 0. The number of halogens is 1. The van der Waals surface area contributed by atoms with E-state index in [1.807, 2.05) is 6.07 Å². The van der Waals surface area contributed by atoms with Crippen molar-refractivity contribution in [3.63, 3.8) is 0 Å². The van der Waals surface area contributed by atoms with Crippen LogP contribution in [0.25, 0.3) is 10.9 Å². The number of aliphatic hydroxyl groups excluding tert-OH is 1. The van der Waals surface area contributed by atoms with Crippen LogP contribution in [0.15, 0.2) is 24.4 Å². The first-order valence-corrected chi connectivity index (χ1v) is 7.91. The van der Waals surface area contributed by atoms with Crippen molar-refractivity contribution in [2.75, 3.05) is 6.61 Å². The van der Waals surface area contributed by atoms with Crippen molar-refractivity contribution >= 4 is 17.0 Å². The van der Waals surface area contributed by atoms with E-state index in [0.29, 0.717) is 10.9 Å². The van der Waals surface area contributed by atoms with Gasteiger partial charge in [-0.25, -0.2) is 9.18 Å². The Kier molecular flexibility index (Phi) is 5.45. The first-order chi connectivity index (χ1) is 11.7. The fourth-order valence-electron chi connectivity index (χ4n) is 2.49. The van der Waals surface area contributed by atoms with E-state index in [0.717, 1.165) is 4.57 Å². The fourth-order valence-corrected chi connectivity index (χ4v) is 2.49. The highest BCUT2D eigenvalue weighted by atomic mass is 19.1. The number of nitrogens with zero attached hydrogens (tertiary/aromatic N) is 2. The normalized spacial score (nSPS) is 14.1. The number of fused-ring (bicyclic) bond motifs is 1. The van der Waals surface area contributed by atoms with Gasteiger partial charge in [-0.1, -0.05) is 0 Å². The van der Waals surface area contributed by atoms with Crippen LogP contribution in [0.1, 0.15) is 39.2 Å². The minimum Gasteiger partial charge on any atom is -0.443 e. The van der Waals surface area contributed by atoms with Crippen molar-refractivity contribution in [1.29, 1.82) is 5.26 Å². The van der Waals surface area contributed by atoms with E-state index >= 15 is 0 Å². The lowest BCUT2D eigenvalue weighted by molar-refractivity contribution is -0.101. The SMILES string of the molecule is CCOC(O)C(C#N)c1cn(C(=O)OC(C)(C)C)c2cc(F)ccc12. The lowest BCUT2D eigenvalue weighted by Gasteiger charge is -2.19. The van der Waals surface area contributed by atoms with Crippen molar-refractivity contribution in [1.82, 2.24) is 4.57 Å². The van der Waals surface area contributed by atoms with Gasteiger partial charge < -0.3 is 14.6 Å². The largest absolute Gasteiger partial charge is 0.443 e. The predicted molar refractivity (Wildman–Crippen MR) is 89.5 cm³/mol. The third-order valence-corrected chi connectivity index (χ3v) is 3.49. The van der Waals surface area contributed by atoms with Crippen molar-refractivity contribution in [2.24, 2.45) is 0 Å². The first-order valence-electron chi connectivity index (χ1n) is 7.91. The third-order valence-electron chi connectivity index (χ3n) is 3.49. The smallest absolute Gasteiger partial charge is 0.419 e. The first kappa shape index (κ1) is 18.9. The van der Waals surface area contributed by atoms with E-state index in [9.17, 15) is 19.6 Å². The summed E-state index contributed by atoms with van der Waals surface area (Å²) in [6.45, 7) is 7.06. The van der Waals surface area contributed by atoms with Crippen LogP contribution >= 0.6 is 0 Å². The Morgan fingerprint density at radius 3 is 2.68 bits per heavy atom. The minimum atomic E-state index is -1.36. The van der Waals surface area contributed by atoms with Crippen LogP contribution in [-0.2, 0) is 9.47 Å². The zero-order valence-corrected chi connectivity index (χ0v) is 14.6. The molecule has 0 saturated heterocycles. The van der Waals surface area contributed by atoms with Gasteiger partial charge in [-0.3, -0.25) is 4.57 Å². The Bertz CT molecular complexity index is 817. The van der Waals surface area contributed by atoms with Gasteiger partial charge in [0.2, 0.25) is 0 Å². The molecule has 0 saturated carbocycles. The van der Waals surface area contributed by atoms with Crippen LogP contribution in [0.5, 0.6) is 0 Å². The Hall–Kier alpha value is -2.43. The van der Waals surface area contributed by atoms with Crippen LogP contribution in [0, 0.1) is 17.1 Å². The molecular formula is C18H21FN2O4. The van der Waals surface area contributed by atoms with Crippen LogP contribution in [-0.4, -0.2) is 34.3 Å². The Labute approximate surface area is 145 Å². The molecule has 1 aromatic heterocycles. The number of aromatic nitrogens is 1. The van der Waals surface area contributed by atoms with E-state index in [-0.39, 0.29) is 12.1 Å². The molecule has 0 fully saturated rings. The monoisotopic (exact) mass is 348 g/mol. The number of hydrogen-bond acceptors (Lipinski definition) is 5. The molecule has 6 nitrogen and oxygen atoms in total. The molecule has 1 heterocycles. The van der Waals surface area contributed by atoms with E-state index in [1.54, 1.807) is 27.7 Å². The van der Waals surface area contributed by atoms with Gasteiger partial charge >= 0.3 is 6.09 Å². The van der Waals surface area contributed by atoms with Crippen LogP contribution in [0.2, 0.25) is 0 Å². The maximum Gasteiger partial charge on any atom is 0.419 e. The summed E-state index contributed by atoms with van der Waals surface area (Å²) in [4.78, 5) is 12.4. The van der Waals surface area contributed by atoms with Gasteiger partial charge in [0.05, 0.1) is 11.6 Å². The topological polar surface area (TPSA) is 84.5 Å². The van der Waals surface area contributed by atoms with E-state index in [4.69, 9.17) is 9.47 Å². The second-order valence-corrected chi connectivity index (χ2v) is 6.55. The number of rotatable bonds is 4. The Balaban J connectivity index is 2.59. The van der Waals surface area contributed by atoms with E-state index < -0.39 is 29.7 Å². The average molecular weight is 348 g/mol. The molecule has 2 rings (SSSR count). The van der Waals surface area contributed by atoms with Gasteiger partial charge in [-0.15, -0.1) is 0 Å². The number of nitriles is 1. The molecule has 0 aliphatic carbocycles. The standard InChI is InChI=1S/C18H21FN2O4/c1-5-24-16(22)13(9-20)14-10-21(17(23)25-18(2,3)4)15-8-11(19)6-7-12(14)15/h6-8,10,13,16,22H,5H2,1-4H3. The molecule has 0 aliphatic rings. The Morgan fingerprint density at radius 2 is 2.12 bits per heavy atom. The van der Waals surface area contributed by atoms with Crippen molar-refractivity contribution in [3.05, 3.63) is 35.8 Å². The molecule has 0 radical (unpaired) electrons. The molecule has 0 bridgehead atoms. The molecule has 1 N–H and O–H groups in total. The van der Waals surface area contributed by atoms with Gasteiger partial charge in [-0.2, -0.15) is 5.26 Å². The molecule has 2 aromatic rings. The van der Waals surface area contributed by atoms with E-state index in [2.05, 4.69) is 0 Å². The van der Waals surface area contributed by atoms with Gasteiger partial charge in [0.1, 0.15) is 17.3 Å². The number of ether oxygens (including phenoxy) is 2. The van der Waals surface area contributed by atoms with E-state index in [1.165, 1.54) is 24.4 Å². The molecule has 1 aromatic carbocycles. The summed E-state index contributed by atoms with van der Waals surface area (Å²) in [7, 11) is 0. The third kappa shape index (κ3) is 4.16. The molecular weight excluding hydrogens is 327 g/mol. The average Bonchev–Trinajstić information content (AvgIpc) is 2.85. The zero-order valence-electron chi connectivity index (χ0n) is 14.6. The van der Waals surface area contributed by atoms with Crippen molar-refractivity contribution in [2.45, 2.75) is 45.5 Å². The Morgan fingerprint density at radius 1 is 1.44 bits per heavy atom. The highest BCUT2D eigenvalue weighted by molar-refractivity contribution is 5.92. The summed E-state index contributed by atoms with van der Waals surface area (Å²) in [5.41, 5.74) is -0.113. The summed E-state index contributed by atoms with van der Waals surface area (Å²) in [5.74, 6) is -1.56. The molecule has 0 spiro atoms. The summed E-state index contributed by atoms with van der Waals surface area (Å²) < 4.78 is 25.3. The predicted octanol–water partition coefficient (Wildman–Crippen LogP) is 3.53. The maximum atomic E-state index is 13.7. The van der Waals surface area contributed by atoms with Crippen molar-refractivity contribution in [3.8, 4) is 6.07 Å². The summed E-state index contributed by atoms with van der Waals surface area (Å²) in [6, 6.07) is 5.85. The molecule has 2 unspecified atom stereocenters. The minimum absolute atomic E-state index is 0.221. The summed E-state index contributed by atoms with van der Waals surface area (Å²) in [6.07, 6.45) is -0.677. The number of benzene rings is 1.